The Kier molecular flexibility index (Phi) is 6.69. The summed E-state index contributed by atoms with van der Waals surface area (Å²) in [6.45, 7) is 7.41. The molecule has 0 saturated carbocycles. The summed E-state index contributed by atoms with van der Waals surface area (Å²) in [5.74, 6) is -0.204. The van der Waals surface area contributed by atoms with Crippen LogP contribution in [0.4, 0.5) is 16.2 Å². The Morgan fingerprint density at radius 2 is 1.86 bits per heavy atom. The van der Waals surface area contributed by atoms with Crippen LogP contribution < -0.4 is 10.6 Å². The van der Waals surface area contributed by atoms with Gasteiger partial charge in [-0.1, -0.05) is 18.2 Å². The molecule has 7 heteroatoms. The van der Waals surface area contributed by atoms with E-state index < -0.39 is 0 Å². The Labute approximate surface area is 171 Å². The predicted molar refractivity (Wildman–Crippen MR) is 113 cm³/mol. The van der Waals surface area contributed by atoms with Crippen molar-refractivity contribution in [3.63, 3.8) is 0 Å². The molecule has 1 fully saturated rings. The first-order valence-corrected chi connectivity index (χ1v) is 9.99. The van der Waals surface area contributed by atoms with Gasteiger partial charge in [0.2, 0.25) is 0 Å². The van der Waals surface area contributed by atoms with Crippen molar-refractivity contribution in [2.24, 2.45) is 0 Å². The topological polar surface area (TPSA) is 83.6 Å². The number of aromatic nitrogens is 1. The van der Waals surface area contributed by atoms with E-state index in [1.54, 1.807) is 24.1 Å². The molecule has 0 radical (unpaired) electrons. The molecule has 2 amide bonds. The van der Waals surface area contributed by atoms with Crippen LogP contribution in [0.1, 0.15) is 41.4 Å². The summed E-state index contributed by atoms with van der Waals surface area (Å²) in [7, 11) is 0. The van der Waals surface area contributed by atoms with Crippen LogP contribution in [0.3, 0.4) is 0 Å². The van der Waals surface area contributed by atoms with E-state index in [0.29, 0.717) is 38.2 Å². The van der Waals surface area contributed by atoms with Crippen molar-refractivity contribution in [2.45, 2.75) is 39.7 Å². The molecule has 0 spiro atoms. The summed E-state index contributed by atoms with van der Waals surface area (Å²) >= 11 is 0. The van der Waals surface area contributed by atoms with E-state index in [-0.39, 0.29) is 18.0 Å². The highest BCUT2D eigenvalue weighted by Crippen LogP contribution is 2.24. The number of amides is 2. The van der Waals surface area contributed by atoms with Gasteiger partial charge in [0.1, 0.15) is 5.69 Å². The summed E-state index contributed by atoms with van der Waals surface area (Å²) in [5, 5.41) is 6.42. The molecule has 0 unspecified atom stereocenters. The smallest absolute Gasteiger partial charge is 0.409 e. The number of nitrogens with one attached hydrogen (secondary N) is 2. The predicted octanol–water partition coefficient (Wildman–Crippen LogP) is 3.79. The van der Waals surface area contributed by atoms with Crippen molar-refractivity contribution in [1.29, 1.82) is 0 Å². The Morgan fingerprint density at radius 3 is 2.52 bits per heavy atom. The fraction of sp³-hybridized carbons (Fsp3) is 0.409. The Hall–Kier alpha value is -3.09. The lowest BCUT2D eigenvalue weighted by atomic mass is 10.1. The molecule has 0 atom stereocenters. The molecule has 29 heavy (non-hydrogen) atoms. The molecular weight excluding hydrogens is 368 g/mol. The maximum absolute atomic E-state index is 12.7. The normalized spacial score (nSPS) is 14.4. The molecule has 2 aromatic rings. The van der Waals surface area contributed by atoms with Crippen molar-refractivity contribution >= 4 is 23.4 Å². The zero-order valence-corrected chi connectivity index (χ0v) is 17.2. The minimum Gasteiger partial charge on any atom is -0.450 e. The van der Waals surface area contributed by atoms with E-state index in [9.17, 15) is 9.59 Å². The quantitative estimate of drug-likeness (QED) is 0.803. The first-order chi connectivity index (χ1) is 14.0. The van der Waals surface area contributed by atoms with E-state index in [0.717, 1.165) is 22.5 Å². The van der Waals surface area contributed by atoms with Gasteiger partial charge in [0.05, 0.1) is 6.61 Å². The third-order valence-corrected chi connectivity index (χ3v) is 5.10. The van der Waals surface area contributed by atoms with E-state index >= 15 is 0 Å². The van der Waals surface area contributed by atoms with Crippen LogP contribution >= 0.6 is 0 Å². The van der Waals surface area contributed by atoms with Crippen LogP contribution in [-0.4, -0.2) is 47.6 Å². The van der Waals surface area contributed by atoms with E-state index in [1.807, 2.05) is 38.1 Å². The van der Waals surface area contributed by atoms with Gasteiger partial charge in [0.25, 0.3) is 5.91 Å². The number of hydrogen-bond donors (Lipinski definition) is 2. The number of nitrogens with zero attached hydrogens (tertiary/aromatic N) is 2. The van der Waals surface area contributed by atoms with Crippen LogP contribution in [0.5, 0.6) is 0 Å². The summed E-state index contributed by atoms with van der Waals surface area (Å²) < 4.78 is 5.03. The van der Waals surface area contributed by atoms with Gasteiger partial charge in [-0.2, -0.15) is 0 Å². The van der Waals surface area contributed by atoms with Crippen molar-refractivity contribution in [2.75, 3.05) is 25.0 Å². The second-order valence-electron chi connectivity index (χ2n) is 7.26. The molecule has 1 aromatic heterocycles. The van der Waals surface area contributed by atoms with Gasteiger partial charge >= 0.3 is 6.09 Å². The van der Waals surface area contributed by atoms with Crippen molar-refractivity contribution in [1.82, 2.24) is 15.2 Å². The number of piperidine rings is 1. The highest BCUT2D eigenvalue weighted by molar-refractivity contribution is 5.93. The fourth-order valence-electron chi connectivity index (χ4n) is 3.47. The molecule has 1 saturated heterocycles. The molecule has 1 aliphatic heterocycles. The number of aryl methyl sites for hydroxylation is 2. The maximum Gasteiger partial charge on any atom is 0.409 e. The van der Waals surface area contributed by atoms with Gasteiger partial charge in [0, 0.05) is 36.7 Å². The van der Waals surface area contributed by atoms with Crippen LogP contribution in [-0.2, 0) is 4.74 Å². The van der Waals surface area contributed by atoms with E-state index in [2.05, 4.69) is 15.6 Å². The molecule has 0 aliphatic carbocycles. The standard InChI is InChI=1S/C22H28N4O3/c1-4-29-22(28)26-12-9-17(10-13-26)25-21(27)19-14-18(8-11-23-19)24-20-15(2)6-5-7-16(20)3/h5-8,11,14,17H,4,9-10,12-13H2,1-3H3,(H,23,24)(H,25,27). The number of likely N-dealkylation sites (tertiary alicyclic amines) is 1. The van der Waals surface area contributed by atoms with Gasteiger partial charge < -0.3 is 20.3 Å². The highest BCUT2D eigenvalue weighted by atomic mass is 16.6. The second-order valence-corrected chi connectivity index (χ2v) is 7.26. The van der Waals surface area contributed by atoms with Crippen molar-refractivity contribution in [3.05, 3.63) is 53.3 Å². The summed E-state index contributed by atoms with van der Waals surface area (Å²) in [5.41, 5.74) is 4.51. The summed E-state index contributed by atoms with van der Waals surface area (Å²) in [6.07, 6.45) is 2.74. The molecule has 3 rings (SSSR count). The Bertz CT molecular complexity index is 856. The number of benzene rings is 1. The molecule has 2 heterocycles. The van der Waals surface area contributed by atoms with Crippen LogP contribution in [0.2, 0.25) is 0 Å². The van der Waals surface area contributed by atoms with Crippen LogP contribution in [0.15, 0.2) is 36.5 Å². The molecule has 2 N–H and O–H groups in total. The summed E-state index contributed by atoms with van der Waals surface area (Å²) in [4.78, 5) is 30.3. The van der Waals surface area contributed by atoms with Gasteiger partial charge in [-0.15, -0.1) is 0 Å². The van der Waals surface area contributed by atoms with E-state index in [1.165, 1.54) is 0 Å². The van der Waals surface area contributed by atoms with E-state index in [4.69, 9.17) is 4.74 Å². The maximum atomic E-state index is 12.7. The number of para-hydroxylation sites is 1. The lowest BCUT2D eigenvalue weighted by molar-refractivity contribution is 0.0856. The molecule has 1 aliphatic rings. The first-order valence-electron chi connectivity index (χ1n) is 9.99. The van der Waals surface area contributed by atoms with Crippen LogP contribution in [0.25, 0.3) is 0 Å². The Balaban J connectivity index is 1.60. The molecule has 1 aromatic carbocycles. The van der Waals surface area contributed by atoms with Gasteiger partial charge in [-0.05, 0) is 56.9 Å². The second kappa shape index (κ2) is 9.41. The minimum atomic E-state index is -0.288. The number of hydrogen-bond acceptors (Lipinski definition) is 5. The zero-order valence-electron chi connectivity index (χ0n) is 17.2. The summed E-state index contributed by atoms with van der Waals surface area (Å²) in [6, 6.07) is 9.74. The molecular formula is C22H28N4O3. The van der Waals surface area contributed by atoms with Crippen molar-refractivity contribution in [3.8, 4) is 0 Å². The first kappa shape index (κ1) is 20.6. The number of pyridine rings is 1. The molecule has 7 nitrogen and oxygen atoms in total. The van der Waals surface area contributed by atoms with Gasteiger partial charge in [-0.25, -0.2) is 4.79 Å². The third kappa shape index (κ3) is 5.25. The zero-order chi connectivity index (χ0) is 20.8. The average Bonchev–Trinajstić information content (AvgIpc) is 2.72. The largest absolute Gasteiger partial charge is 0.450 e. The van der Waals surface area contributed by atoms with Crippen LogP contribution in [0, 0.1) is 13.8 Å². The number of ether oxygens (including phenoxy) is 1. The highest BCUT2D eigenvalue weighted by Gasteiger charge is 2.25. The number of anilines is 2. The fourth-order valence-corrected chi connectivity index (χ4v) is 3.47. The average molecular weight is 396 g/mol. The lowest BCUT2D eigenvalue weighted by Gasteiger charge is -2.31. The minimum absolute atomic E-state index is 0.0187. The number of rotatable bonds is 5. The van der Waals surface area contributed by atoms with Gasteiger partial charge in [0.15, 0.2) is 0 Å². The molecule has 0 bridgehead atoms. The Morgan fingerprint density at radius 1 is 1.17 bits per heavy atom. The number of carbonyl (C=O) groups is 2. The lowest BCUT2D eigenvalue weighted by Crippen LogP contribution is -2.46. The third-order valence-electron chi connectivity index (χ3n) is 5.10. The monoisotopic (exact) mass is 396 g/mol. The van der Waals surface area contributed by atoms with Gasteiger partial charge in [-0.3, -0.25) is 9.78 Å². The van der Waals surface area contributed by atoms with Crippen molar-refractivity contribution < 1.29 is 14.3 Å². The SMILES string of the molecule is CCOC(=O)N1CCC(NC(=O)c2cc(Nc3c(C)cccc3C)ccn2)CC1. The molecule has 154 valence electrons. The number of carbonyl (C=O) groups excluding carboxylic acids is 2.